The van der Waals surface area contributed by atoms with Crippen LogP contribution in [0.3, 0.4) is 0 Å². The predicted molar refractivity (Wildman–Crippen MR) is 141 cm³/mol. The summed E-state index contributed by atoms with van der Waals surface area (Å²) in [7, 11) is 0.593. The first kappa shape index (κ1) is 25.0. The molecule has 0 aromatic heterocycles. The molecule has 186 valence electrons. The fourth-order valence-electron chi connectivity index (χ4n) is 3.61. The van der Waals surface area contributed by atoms with Gasteiger partial charge >= 0.3 is 7.60 Å². The van der Waals surface area contributed by atoms with Crippen molar-refractivity contribution in [3.63, 3.8) is 0 Å². The minimum absolute atomic E-state index is 0.288. The summed E-state index contributed by atoms with van der Waals surface area (Å²) in [5, 5.41) is 3.35. The van der Waals surface area contributed by atoms with E-state index in [0.717, 1.165) is 0 Å². The van der Waals surface area contributed by atoms with Crippen molar-refractivity contribution in [3.05, 3.63) is 109 Å². The minimum atomic E-state index is -4.06. The van der Waals surface area contributed by atoms with Gasteiger partial charge in [-0.25, -0.2) is 4.57 Å². The number of benzene rings is 4. The van der Waals surface area contributed by atoms with Gasteiger partial charge in [-0.1, -0.05) is 54.6 Å². The predicted octanol–water partition coefficient (Wildman–Crippen LogP) is 7.17. The third-order valence-electron chi connectivity index (χ3n) is 5.41. The number of nitrogens with one attached hydrogen (secondary N) is 1. The van der Waals surface area contributed by atoms with Crippen molar-refractivity contribution < 1.29 is 27.8 Å². The first-order chi connectivity index (χ1) is 17.6. The second-order valence-corrected chi connectivity index (χ2v) is 9.67. The highest BCUT2D eigenvalue weighted by molar-refractivity contribution is 7.55. The monoisotopic (exact) mass is 505 g/mol. The Kier molecular flexibility index (Phi) is 8.03. The molecule has 4 aromatic rings. The van der Waals surface area contributed by atoms with Gasteiger partial charge in [0.25, 0.3) is 0 Å². The summed E-state index contributed by atoms with van der Waals surface area (Å²) in [4.78, 5) is 0. The Morgan fingerprint density at radius 1 is 0.583 bits per heavy atom. The molecule has 0 heterocycles. The van der Waals surface area contributed by atoms with Crippen LogP contribution >= 0.6 is 7.60 Å². The van der Waals surface area contributed by atoms with Crippen LogP contribution in [0.25, 0.3) is 0 Å². The van der Waals surface area contributed by atoms with Crippen molar-refractivity contribution in [2.45, 2.75) is 5.78 Å². The van der Waals surface area contributed by atoms with E-state index in [1.807, 2.05) is 66.7 Å². The molecule has 0 spiro atoms. The van der Waals surface area contributed by atoms with Crippen LogP contribution in [0.15, 0.2) is 103 Å². The molecule has 4 rings (SSSR count). The van der Waals surface area contributed by atoms with Crippen LogP contribution < -0.4 is 28.6 Å². The lowest BCUT2D eigenvalue weighted by atomic mass is 10.2. The highest BCUT2D eigenvalue weighted by Crippen LogP contribution is 2.61. The number of hydrogen-bond acceptors (Lipinski definition) is 7. The summed E-state index contributed by atoms with van der Waals surface area (Å²) in [6.07, 6.45) is 0. The van der Waals surface area contributed by atoms with Crippen LogP contribution in [-0.2, 0) is 4.57 Å². The van der Waals surface area contributed by atoms with Gasteiger partial charge in [0, 0.05) is 5.69 Å². The molecule has 0 aliphatic heterocycles. The summed E-state index contributed by atoms with van der Waals surface area (Å²) < 4.78 is 43.5. The van der Waals surface area contributed by atoms with Crippen molar-refractivity contribution in [1.82, 2.24) is 0 Å². The van der Waals surface area contributed by atoms with E-state index in [2.05, 4.69) is 5.32 Å². The molecule has 8 heteroatoms. The van der Waals surface area contributed by atoms with Gasteiger partial charge in [-0.3, -0.25) is 0 Å². The normalized spacial score (nSPS) is 11.8. The molecule has 0 aliphatic rings. The number of anilines is 1. The quantitative estimate of drug-likeness (QED) is 0.217. The summed E-state index contributed by atoms with van der Waals surface area (Å²) in [5.41, 5.74) is 1.42. The molecule has 0 saturated heterocycles. The Labute approximate surface area is 211 Å². The maximum Gasteiger partial charge on any atom is 0.457 e. The zero-order valence-electron chi connectivity index (χ0n) is 20.3. The molecular weight excluding hydrogens is 477 g/mol. The van der Waals surface area contributed by atoms with Crippen molar-refractivity contribution in [2.75, 3.05) is 26.6 Å². The lowest BCUT2D eigenvalue weighted by Gasteiger charge is -2.30. The zero-order valence-corrected chi connectivity index (χ0v) is 21.2. The van der Waals surface area contributed by atoms with Gasteiger partial charge in [0.05, 0.1) is 21.3 Å². The van der Waals surface area contributed by atoms with E-state index < -0.39 is 13.4 Å². The molecule has 7 nitrogen and oxygen atoms in total. The maximum atomic E-state index is 14.9. The van der Waals surface area contributed by atoms with Crippen LogP contribution in [-0.4, -0.2) is 21.3 Å². The molecule has 0 bridgehead atoms. The van der Waals surface area contributed by atoms with Crippen LogP contribution in [0, 0.1) is 0 Å². The number of rotatable bonds is 11. The van der Waals surface area contributed by atoms with Gasteiger partial charge in [0.1, 0.15) is 5.75 Å². The largest absolute Gasteiger partial charge is 0.497 e. The molecule has 0 aliphatic carbocycles. The summed E-state index contributed by atoms with van der Waals surface area (Å²) in [6, 6.07) is 30.7. The molecule has 0 unspecified atom stereocenters. The SMILES string of the molecule is COc1ccc(N[C@H](c2ccccc2)P(=O)(Oc2ccccc2OC)Oc2ccccc2OC)cc1. The highest BCUT2D eigenvalue weighted by Gasteiger charge is 2.42. The van der Waals surface area contributed by atoms with Gasteiger partial charge < -0.3 is 28.6 Å². The molecule has 0 saturated carbocycles. The first-order valence-corrected chi connectivity index (χ1v) is 12.9. The van der Waals surface area contributed by atoms with Crippen molar-refractivity contribution in [1.29, 1.82) is 0 Å². The van der Waals surface area contributed by atoms with E-state index in [1.54, 1.807) is 43.5 Å². The summed E-state index contributed by atoms with van der Waals surface area (Å²) in [5.74, 6) is 1.25. The Bertz CT molecular complexity index is 1260. The average Bonchev–Trinajstić information content (AvgIpc) is 2.93. The standard InChI is InChI=1S/C28H28NO6P/c1-31-23-19-17-22(18-20-23)29-28(21-11-5-4-6-12-21)36(30,34-26-15-9-7-13-24(26)32-2)35-27-16-10-8-14-25(27)33-3/h4-20,28-29H,1-3H3/t28-/m0/s1. The summed E-state index contributed by atoms with van der Waals surface area (Å²) in [6.45, 7) is 0. The summed E-state index contributed by atoms with van der Waals surface area (Å²) >= 11 is 0. The third-order valence-corrected chi connectivity index (χ3v) is 7.38. The topological polar surface area (TPSA) is 75.3 Å². The van der Waals surface area contributed by atoms with Crippen LogP contribution in [0.5, 0.6) is 28.7 Å². The fraction of sp³-hybridized carbons (Fsp3) is 0.143. The minimum Gasteiger partial charge on any atom is -0.497 e. The molecular formula is C28H28NO6P. The number of para-hydroxylation sites is 4. The second-order valence-electron chi connectivity index (χ2n) is 7.71. The third kappa shape index (κ3) is 5.75. The molecule has 0 radical (unpaired) electrons. The van der Waals surface area contributed by atoms with E-state index in [-0.39, 0.29) is 11.5 Å². The lowest BCUT2D eigenvalue weighted by Crippen LogP contribution is -2.18. The van der Waals surface area contributed by atoms with Gasteiger partial charge in [-0.2, -0.15) is 0 Å². The van der Waals surface area contributed by atoms with Crippen molar-refractivity contribution in [2.24, 2.45) is 0 Å². The van der Waals surface area contributed by atoms with E-state index in [4.69, 9.17) is 23.3 Å². The molecule has 0 fully saturated rings. The van der Waals surface area contributed by atoms with E-state index in [0.29, 0.717) is 28.5 Å². The Morgan fingerprint density at radius 3 is 1.53 bits per heavy atom. The van der Waals surface area contributed by atoms with Crippen LogP contribution in [0.2, 0.25) is 0 Å². The van der Waals surface area contributed by atoms with Gasteiger partial charge in [0.2, 0.25) is 0 Å². The Balaban J connectivity index is 1.83. The van der Waals surface area contributed by atoms with Gasteiger partial charge in [-0.05, 0) is 54.1 Å². The molecule has 1 N–H and O–H groups in total. The van der Waals surface area contributed by atoms with Gasteiger partial charge in [0.15, 0.2) is 28.8 Å². The van der Waals surface area contributed by atoms with Crippen LogP contribution in [0.4, 0.5) is 5.69 Å². The second kappa shape index (κ2) is 11.6. The van der Waals surface area contributed by atoms with Crippen LogP contribution in [0.1, 0.15) is 11.3 Å². The highest BCUT2D eigenvalue weighted by atomic mass is 31.2. The maximum absolute atomic E-state index is 14.9. The first-order valence-electron chi connectivity index (χ1n) is 11.3. The van der Waals surface area contributed by atoms with Crippen molar-refractivity contribution in [3.8, 4) is 28.7 Å². The molecule has 1 atom stereocenters. The molecule has 36 heavy (non-hydrogen) atoms. The van der Waals surface area contributed by atoms with Crippen molar-refractivity contribution >= 4 is 13.3 Å². The fourth-order valence-corrected chi connectivity index (χ4v) is 5.55. The Morgan fingerprint density at radius 2 is 1.06 bits per heavy atom. The number of methoxy groups -OCH3 is 3. The number of hydrogen-bond donors (Lipinski definition) is 1. The molecule has 0 amide bonds. The Hall–Kier alpha value is -4.09. The van der Waals surface area contributed by atoms with E-state index in [9.17, 15) is 4.57 Å². The average molecular weight is 506 g/mol. The molecule has 4 aromatic carbocycles. The van der Waals surface area contributed by atoms with E-state index >= 15 is 0 Å². The number of ether oxygens (including phenoxy) is 3. The smallest absolute Gasteiger partial charge is 0.457 e. The zero-order chi connectivity index (χ0) is 25.4. The van der Waals surface area contributed by atoms with E-state index in [1.165, 1.54) is 14.2 Å². The van der Waals surface area contributed by atoms with Gasteiger partial charge in [-0.15, -0.1) is 0 Å². The lowest BCUT2D eigenvalue weighted by molar-refractivity contribution is 0.341.